The van der Waals surface area contributed by atoms with E-state index in [9.17, 15) is 10.7 Å². The second-order valence-corrected chi connectivity index (χ2v) is 21.8. The SMILES string of the molecule is [2H]c1cc2c(oc3ccc(-c4cc(CC(C)(C)C)c(C([2H])([2H])C([2H])([2H])c5cc(CC6(c7ccc(-c8ccccc8)nc7)CCCCC6)cc(CC6(c7ccc(-c8ccccc8)nc7)CCCCC6)c5)cn4)cc32)c([2H])c1C#N. The highest BCUT2D eigenvalue weighted by Crippen LogP contribution is 2.45. The van der Waals surface area contributed by atoms with Gasteiger partial charge in [0.15, 0.2) is 0 Å². The van der Waals surface area contributed by atoms with E-state index in [0.717, 1.165) is 103 Å². The highest BCUT2D eigenvalue weighted by atomic mass is 16.3. The quantitative estimate of drug-likeness (QED) is 0.115. The van der Waals surface area contributed by atoms with Crippen LogP contribution in [0.25, 0.3) is 55.7 Å². The second kappa shape index (κ2) is 20.2. The van der Waals surface area contributed by atoms with E-state index in [1.54, 1.807) is 12.1 Å². The monoisotopic (exact) mass is 949 g/mol. The number of nitrogens with zero attached hydrogens (tertiary/aromatic N) is 4. The molecule has 0 unspecified atom stereocenters. The number of aryl methyl sites for hydroxylation is 2. The molecule has 9 aromatic rings. The van der Waals surface area contributed by atoms with Crippen LogP contribution in [0.2, 0.25) is 0 Å². The minimum atomic E-state index is -2.54. The summed E-state index contributed by atoms with van der Waals surface area (Å²) < 4.78 is 63.8. The summed E-state index contributed by atoms with van der Waals surface area (Å²) in [7, 11) is 0. The first-order chi connectivity index (χ1) is 37.5. The van der Waals surface area contributed by atoms with Crippen molar-refractivity contribution in [1.29, 1.82) is 5.26 Å². The van der Waals surface area contributed by atoms with Crippen molar-refractivity contribution in [1.82, 2.24) is 15.0 Å². The van der Waals surface area contributed by atoms with Gasteiger partial charge in [-0.25, -0.2) is 0 Å². The van der Waals surface area contributed by atoms with Gasteiger partial charge in [-0.15, -0.1) is 0 Å². The summed E-state index contributed by atoms with van der Waals surface area (Å²) in [6, 6.07) is 46.3. The van der Waals surface area contributed by atoms with Crippen LogP contribution in [-0.2, 0) is 42.8 Å². The number of furan rings is 1. The van der Waals surface area contributed by atoms with Crippen LogP contribution in [0.15, 0.2) is 169 Å². The molecule has 0 radical (unpaired) electrons. The predicted molar refractivity (Wildman–Crippen MR) is 295 cm³/mol. The first kappa shape index (κ1) is 40.4. The number of benzene rings is 5. The molecule has 0 bridgehead atoms. The molecular formula is C67H66N4O. The molecule has 0 N–H and O–H groups in total. The molecule has 360 valence electrons. The first-order valence-corrected chi connectivity index (χ1v) is 26.0. The summed E-state index contributed by atoms with van der Waals surface area (Å²) >= 11 is 0. The molecule has 0 atom stereocenters. The van der Waals surface area contributed by atoms with Crippen LogP contribution in [0.5, 0.6) is 0 Å². The highest BCUT2D eigenvalue weighted by molar-refractivity contribution is 6.06. The van der Waals surface area contributed by atoms with Crippen molar-refractivity contribution < 1.29 is 12.6 Å². The fourth-order valence-corrected chi connectivity index (χ4v) is 11.9. The number of hydrogen-bond acceptors (Lipinski definition) is 5. The summed E-state index contributed by atoms with van der Waals surface area (Å²) in [4.78, 5) is 15.0. The summed E-state index contributed by atoms with van der Waals surface area (Å²) in [5.74, 6) is 0. The van der Waals surface area contributed by atoms with Crippen molar-refractivity contribution in [2.24, 2.45) is 5.41 Å². The Morgan fingerprint density at radius 3 is 1.67 bits per heavy atom. The summed E-state index contributed by atoms with van der Waals surface area (Å²) in [6.07, 6.45) is 13.0. The van der Waals surface area contributed by atoms with E-state index in [-0.39, 0.29) is 45.0 Å². The van der Waals surface area contributed by atoms with Crippen LogP contribution in [0.3, 0.4) is 0 Å². The van der Waals surface area contributed by atoms with E-state index in [0.29, 0.717) is 52.4 Å². The number of nitriles is 1. The van der Waals surface area contributed by atoms with Crippen LogP contribution in [0.1, 0.15) is 138 Å². The van der Waals surface area contributed by atoms with Gasteiger partial charge in [-0.1, -0.05) is 150 Å². The lowest BCUT2D eigenvalue weighted by atomic mass is 9.65. The molecule has 72 heavy (non-hydrogen) atoms. The van der Waals surface area contributed by atoms with Gasteiger partial charge >= 0.3 is 0 Å². The first-order valence-electron chi connectivity index (χ1n) is 29.0. The topological polar surface area (TPSA) is 75.6 Å². The Morgan fingerprint density at radius 1 is 0.556 bits per heavy atom. The number of rotatable bonds is 13. The standard InChI is InChI=1S/C67H66N4O/c1-65(2,3)42-55-39-62(53-23-29-63-59(38-53)58-26-21-48(43-68)37-64(58)72-63)69-44-54(55)22-20-47-34-49(40-66(30-12-6-13-31-66)56-24-27-60(70-45-56)51-16-8-4-9-17-51)36-50(35-47)41-67(32-14-7-15-33-67)57-25-28-61(71-46-57)52-18-10-5-11-19-52/h4-5,8-11,16-19,21,23-29,34-39,44-46H,6-7,12-15,20,22,30-33,40-42H2,1-3H3/i20D2,21D,22D2,37D. The maximum Gasteiger partial charge on any atom is 0.136 e. The molecule has 2 saturated carbocycles. The Bertz CT molecular complexity index is 3560. The van der Waals surface area contributed by atoms with Gasteiger partial charge in [0.1, 0.15) is 11.2 Å². The molecule has 2 aliphatic carbocycles. The maximum atomic E-state index is 10.2. The van der Waals surface area contributed by atoms with Gasteiger partial charge in [-0.2, -0.15) is 5.26 Å². The molecule has 5 heteroatoms. The molecular weight excluding hydrogens is 877 g/mol. The van der Waals surface area contributed by atoms with E-state index in [4.69, 9.17) is 22.1 Å². The highest BCUT2D eigenvalue weighted by Gasteiger charge is 2.37. The van der Waals surface area contributed by atoms with Gasteiger partial charge in [0.25, 0.3) is 0 Å². The van der Waals surface area contributed by atoms with Gasteiger partial charge in [-0.3, -0.25) is 15.0 Å². The molecule has 0 saturated heterocycles. The smallest absolute Gasteiger partial charge is 0.136 e. The van der Waals surface area contributed by atoms with Crippen LogP contribution in [-0.4, -0.2) is 15.0 Å². The zero-order valence-electron chi connectivity index (χ0n) is 47.8. The van der Waals surface area contributed by atoms with Crippen molar-refractivity contribution in [3.05, 3.63) is 209 Å². The summed E-state index contributed by atoms with van der Waals surface area (Å²) in [5.41, 5.74) is 10.8. The third kappa shape index (κ3) is 10.2. The van der Waals surface area contributed by atoms with E-state index < -0.39 is 12.7 Å². The molecule has 11 rings (SSSR count). The van der Waals surface area contributed by atoms with Crippen LogP contribution >= 0.6 is 0 Å². The fourth-order valence-electron chi connectivity index (χ4n) is 11.9. The molecule has 5 nitrogen and oxygen atoms in total. The van der Waals surface area contributed by atoms with Crippen molar-refractivity contribution in [3.8, 4) is 39.8 Å². The Kier molecular flexibility index (Phi) is 11.3. The van der Waals surface area contributed by atoms with Gasteiger partial charge in [0.05, 0.1) is 31.5 Å². The van der Waals surface area contributed by atoms with E-state index in [2.05, 4.69) is 87.8 Å². The van der Waals surface area contributed by atoms with Crippen molar-refractivity contribution >= 4 is 21.9 Å². The second-order valence-electron chi connectivity index (χ2n) is 21.8. The summed E-state index contributed by atoms with van der Waals surface area (Å²) in [5, 5.41) is 10.9. The lowest BCUT2D eigenvalue weighted by Gasteiger charge is -2.39. The van der Waals surface area contributed by atoms with Crippen molar-refractivity contribution in [3.63, 3.8) is 0 Å². The normalized spacial score (nSPS) is 17.2. The van der Waals surface area contributed by atoms with Gasteiger partial charge < -0.3 is 4.42 Å². The lowest BCUT2D eigenvalue weighted by molar-refractivity contribution is 0.287. The number of pyridine rings is 3. The van der Waals surface area contributed by atoms with Crippen molar-refractivity contribution in [2.45, 2.75) is 128 Å². The van der Waals surface area contributed by atoms with Crippen LogP contribution in [0.4, 0.5) is 0 Å². The summed E-state index contributed by atoms with van der Waals surface area (Å²) in [6.45, 7) is 6.31. The van der Waals surface area contributed by atoms with Gasteiger partial charge in [-0.05, 0) is 157 Å². The third-order valence-electron chi connectivity index (χ3n) is 15.4. The van der Waals surface area contributed by atoms with E-state index >= 15 is 0 Å². The zero-order chi connectivity index (χ0) is 54.5. The van der Waals surface area contributed by atoms with Crippen molar-refractivity contribution in [2.75, 3.05) is 0 Å². The number of hydrogen-bond donors (Lipinski definition) is 0. The largest absolute Gasteiger partial charge is 0.456 e. The minimum absolute atomic E-state index is 0.0469. The molecule has 0 amide bonds. The third-order valence-corrected chi connectivity index (χ3v) is 15.4. The Morgan fingerprint density at radius 2 is 1.12 bits per heavy atom. The molecule has 2 aliphatic rings. The molecule has 5 aromatic carbocycles. The molecule has 0 aliphatic heterocycles. The van der Waals surface area contributed by atoms with Gasteiger partial charge in [0, 0.05) is 62.4 Å². The molecule has 4 aromatic heterocycles. The Balaban J connectivity index is 1.01. The minimum Gasteiger partial charge on any atom is -0.456 e. The fraction of sp³-hybridized carbons (Fsp3) is 0.313. The molecule has 0 spiro atoms. The van der Waals surface area contributed by atoms with Gasteiger partial charge in [0.2, 0.25) is 0 Å². The maximum absolute atomic E-state index is 10.2. The van der Waals surface area contributed by atoms with Crippen LogP contribution in [0, 0.1) is 16.7 Å². The predicted octanol–water partition coefficient (Wildman–Crippen LogP) is 16.9. The molecule has 4 heterocycles. The lowest BCUT2D eigenvalue weighted by Crippen LogP contribution is -2.33. The number of aromatic nitrogens is 3. The average molecular weight is 949 g/mol. The Labute approximate surface area is 434 Å². The van der Waals surface area contributed by atoms with E-state index in [1.165, 1.54) is 17.3 Å². The molecule has 2 fully saturated rings. The zero-order valence-corrected chi connectivity index (χ0v) is 41.8. The van der Waals surface area contributed by atoms with E-state index in [1.807, 2.05) is 72.8 Å². The Hall–Kier alpha value is -7.16. The average Bonchev–Trinajstić information content (AvgIpc) is 3.94. The van der Waals surface area contributed by atoms with Crippen LogP contribution < -0.4 is 0 Å². The number of fused-ring (bicyclic) bond motifs is 3.